The summed E-state index contributed by atoms with van der Waals surface area (Å²) < 4.78 is 49.9. The minimum Gasteiger partial charge on any atom is -0.490 e. The number of hydrogen-bond acceptors (Lipinski definition) is 5. The van der Waals surface area contributed by atoms with Crippen LogP contribution in [0.1, 0.15) is 52.4 Å². The number of carbonyl (C=O) groups excluding carboxylic acids is 2. The van der Waals surface area contributed by atoms with Crippen LogP contribution in [-0.4, -0.2) is 24.6 Å². The van der Waals surface area contributed by atoms with Crippen molar-refractivity contribution in [3.05, 3.63) is 88.5 Å². The van der Waals surface area contributed by atoms with E-state index < -0.39 is 11.7 Å². The van der Waals surface area contributed by atoms with Crippen molar-refractivity contribution < 1.29 is 32.2 Å². The molecule has 0 aliphatic carbocycles. The fourth-order valence-corrected chi connectivity index (χ4v) is 5.78. The van der Waals surface area contributed by atoms with Gasteiger partial charge in [0.2, 0.25) is 0 Å². The molecular weight excluding hydrogens is 515 g/mol. The van der Waals surface area contributed by atoms with Crippen molar-refractivity contribution in [2.75, 3.05) is 11.5 Å². The Bertz CT molecular complexity index is 1360. The third kappa shape index (κ3) is 5.53. The molecule has 0 spiro atoms. The lowest BCUT2D eigenvalue weighted by Crippen LogP contribution is -2.26. The van der Waals surface area contributed by atoms with E-state index in [0.717, 1.165) is 52.3 Å². The van der Waals surface area contributed by atoms with Crippen molar-refractivity contribution in [2.24, 2.45) is 0 Å². The first-order valence-electron chi connectivity index (χ1n) is 12.4. The number of rotatable bonds is 7. The maximum Gasteiger partial charge on any atom is 0.416 e. The molecule has 0 aromatic heterocycles. The first-order chi connectivity index (χ1) is 18.2. The van der Waals surface area contributed by atoms with Crippen LogP contribution in [-0.2, 0) is 34.4 Å². The molecule has 2 heterocycles. The maximum absolute atomic E-state index is 13.0. The van der Waals surface area contributed by atoms with E-state index >= 15 is 0 Å². The Morgan fingerprint density at radius 2 is 1.92 bits per heavy atom. The summed E-state index contributed by atoms with van der Waals surface area (Å²) >= 11 is 1.65. The van der Waals surface area contributed by atoms with Crippen LogP contribution in [0.5, 0.6) is 5.75 Å². The minimum atomic E-state index is -4.42. The molecule has 2 aliphatic rings. The zero-order chi connectivity index (χ0) is 26.9. The van der Waals surface area contributed by atoms with Gasteiger partial charge in [0.05, 0.1) is 25.1 Å². The number of hydrogen-bond donors (Lipinski definition) is 0. The summed E-state index contributed by atoms with van der Waals surface area (Å²) in [6, 6.07) is 16.3. The monoisotopic (exact) mass is 541 g/mol. The molecule has 1 amide bonds. The molecule has 9 heteroatoms. The Hall–Kier alpha value is -3.46. The fraction of sp³-hybridized carbons (Fsp3) is 0.310. The first kappa shape index (κ1) is 26.2. The van der Waals surface area contributed by atoms with Crippen molar-refractivity contribution >= 4 is 29.3 Å². The number of nitrogens with zero attached hydrogens (tertiary/aromatic N) is 1. The molecule has 2 aliphatic heterocycles. The van der Waals surface area contributed by atoms with Crippen LogP contribution in [0.15, 0.2) is 65.6 Å². The molecule has 0 N–H and O–H groups in total. The van der Waals surface area contributed by atoms with Gasteiger partial charge in [-0.05, 0) is 85.0 Å². The molecule has 3 aromatic rings. The summed E-state index contributed by atoms with van der Waals surface area (Å²) in [5.41, 5.74) is 3.28. The van der Waals surface area contributed by atoms with E-state index in [0.29, 0.717) is 30.2 Å². The summed E-state index contributed by atoms with van der Waals surface area (Å²) in [5, 5.41) is 0. The van der Waals surface area contributed by atoms with Gasteiger partial charge in [0.1, 0.15) is 11.9 Å². The number of fused-ring (bicyclic) bond motifs is 2. The summed E-state index contributed by atoms with van der Waals surface area (Å²) in [7, 11) is 0. The largest absolute Gasteiger partial charge is 0.490 e. The number of halogens is 3. The van der Waals surface area contributed by atoms with Gasteiger partial charge < -0.3 is 14.4 Å². The second-order valence-electron chi connectivity index (χ2n) is 9.23. The number of amides is 1. The quantitative estimate of drug-likeness (QED) is 0.243. The first-order valence-corrected chi connectivity index (χ1v) is 13.4. The van der Waals surface area contributed by atoms with E-state index in [4.69, 9.17) is 9.47 Å². The van der Waals surface area contributed by atoms with Crippen molar-refractivity contribution in [3.8, 4) is 5.75 Å². The second kappa shape index (κ2) is 10.7. The van der Waals surface area contributed by atoms with Crippen molar-refractivity contribution in [2.45, 2.75) is 55.7 Å². The average molecular weight is 542 g/mol. The molecule has 0 radical (unpaired) electrons. The van der Waals surface area contributed by atoms with Crippen LogP contribution in [0.2, 0.25) is 0 Å². The van der Waals surface area contributed by atoms with E-state index in [9.17, 15) is 22.8 Å². The number of benzene rings is 3. The van der Waals surface area contributed by atoms with Crippen LogP contribution in [0, 0.1) is 0 Å². The molecule has 3 aromatic carbocycles. The van der Waals surface area contributed by atoms with Crippen molar-refractivity contribution in [3.63, 3.8) is 0 Å². The number of anilines is 1. The van der Waals surface area contributed by atoms with Gasteiger partial charge in [-0.15, -0.1) is 11.8 Å². The van der Waals surface area contributed by atoms with Crippen molar-refractivity contribution in [1.29, 1.82) is 0 Å². The normalized spacial score (nSPS) is 16.6. The standard InChI is InChI=1S/C29H26F3NO4S/c1-2-36-27(34)15-22-11-6-18-14-23(12-13-26(18)37-22)38-17-19-4-3-5-24-25(19)16-33(28(24)35)21-9-7-20(8-10-21)29(30,31)32/h3-5,7-10,12-14,22H,2,6,11,15-17H2,1H3. The van der Waals surface area contributed by atoms with Gasteiger partial charge in [-0.2, -0.15) is 13.2 Å². The lowest BCUT2D eigenvalue weighted by Gasteiger charge is -2.26. The molecule has 5 rings (SSSR count). The molecule has 1 unspecified atom stereocenters. The van der Waals surface area contributed by atoms with Gasteiger partial charge in [-0.3, -0.25) is 9.59 Å². The predicted octanol–water partition coefficient (Wildman–Crippen LogP) is 6.80. The second-order valence-corrected chi connectivity index (χ2v) is 10.3. The lowest BCUT2D eigenvalue weighted by atomic mass is 10.0. The SMILES string of the molecule is CCOC(=O)CC1CCc2cc(SCc3cccc4c3CN(c3ccc(C(F)(F)F)cc3)C4=O)ccc2O1. The highest BCUT2D eigenvalue weighted by molar-refractivity contribution is 7.98. The van der Waals surface area contributed by atoms with Crippen LogP contribution in [0.25, 0.3) is 0 Å². The highest BCUT2D eigenvalue weighted by Gasteiger charge is 2.33. The summed E-state index contributed by atoms with van der Waals surface area (Å²) in [5.74, 6) is 0.963. The van der Waals surface area contributed by atoms with Crippen molar-refractivity contribution in [1.82, 2.24) is 0 Å². The van der Waals surface area contributed by atoms with Gasteiger partial charge in [0.15, 0.2) is 0 Å². The van der Waals surface area contributed by atoms with Gasteiger partial charge in [0.25, 0.3) is 5.91 Å². The van der Waals surface area contributed by atoms with E-state index in [1.807, 2.05) is 24.3 Å². The van der Waals surface area contributed by atoms with Gasteiger partial charge in [0, 0.05) is 21.9 Å². The Balaban J connectivity index is 1.25. The zero-order valence-corrected chi connectivity index (χ0v) is 21.5. The van der Waals surface area contributed by atoms with E-state index in [2.05, 4.69) is 6.07 Å². The minimum absolute atomic E-state index is 0.183. The number of aryl methyl sites for hydroxylation is 1. The molecule has 198 valence electrons. The molecule has 0 saturated carbocycles. The predicted molar refractivity (Wildman–Crippen MR) is 138 cm³/mol. The van der Waals surface area contributed by atoms with Crippen LogP contribution in [0.3, 0.4) is 0 Å². The summed E-state index contributed by atoms with van der Waals surface area (Å²) in [4.78, 5) is 27.4. The molecule has 38 heavy (non-hydrogen) atoms. The number of alkyl halides is 3. The molecule has 0 saturated heterocycles. The fourth-order valence-electron chi connectivity index (χ4n) is 4.79. The molecule has 0 fully saturated rings. The third-order valence-electron chi connectivity index (χ3n) is 6.73. The Morgan fingerprint density at radius 1 is 1.13 bits per heavy atom. The zero-order valence-electron chi connectivity index (χ0n) is 20.7. The Morgan fingerprint density at radius 3 is 2.66 bits per heavy atom. The summed E-state index contributed by atoms with van der Waals surface area (Å²) in [6.45, 7) is 2.45. The molecule has 1 atom stereocenters. The molecule has 5 nitrogen and oxygen atoms in total. The third-order valence-corrected chi connectivity index (χ3v) is 7.77. The van der Waals surface area contributed by atoms with Gasteiger partial charge in [-0.25, -0.2) is 0 Å². The van der Waals surface area contributed by atoms with Gasteiger partial charge in [-0.1, -0.05) is 12.1 Å². The highest BCUT2D eigenvalue weighted by Crippen LogP contribution is 2.37. The lowest BCUT2D eigenvalue weighted by molar-refractivity contribution is -0.145. The van der Waals surface area contributed by atoms with Gasteiger partial charge >= 0.3 is 12.1 Å². The number of ether oxygens (including phenoxy) is 2. The Kier molecular flexibility index (Phi) is 7.38. The molecular formula is C29H26F3NO4S. The topological polar surface area (TPSA) is 55.8 Å². The smallest absolute Gasteiger partial charge is 0.416 e. The molecule has 0 bridgehead atoms. The van der Waals surface area contributed by atoms with E-state index in [1.54, 1.807) is 24.8 Å². The Labute approximate surface area is 222 Å². The number of thioether (sulfide) groups is 1. The average Bonchev–Trinajstić information content (AvgIpc) is 3.24. The van der Waals surface area contributed by atoms with E-state index in [-0.39, 0.29) is 24.4 Å². The maximum atomic E-state index is 13.0. The van der Waals surface area contributed by atoms with Crippen LogP contribution < -0.4 is 9.64 Å². The van der Waals surface area contributed by atoms with Crippen LogP contribution in [0.4, 0.5) is 18.9 Å². The summed E-state index contributed by atoms with van der Waals surface area (Å²) in [6.07, 6.45) is -2.81. The number of esters is 1. The van der Waals surface area contributed by atoms with Crippen LogP contribution >= 0.6 is 11.8 Å². The number of carbonyl (C=O) groups is 2. The highest BCUT2D eigenvalue weighted by atomic mass is 32.2. The van der Waals surface area contributed by atoms with E-state index in [1.165, 1.54) is 17.0 Å².